The number of carbonyl (C=O) groups excluding carboxylic acids is 2. The van der Waals surface area contributed by atoms with Gasteiger partial charge in [0, 0.05) is 17.4 Å². The standard InChI is InChI=1S/C24H26FNO4/c1-5-29-22(27)21-19(15-9-11-17(25)12-10-15)18-8-6-7-16(20(18)26-21)13-14-30-23(28)24(2,3)4/h6-12,26H,5,13-14H2,1-4H3. The number of fused-ring (bicyclic) bond motifs is 1. The Morgan fingerprint density at radius 2 is 1.73 bits per heavy atom. The highest BCUT2D eigenvalue weighted by molar-refractivity contribution is 6.08. The maximum absolute atomic E-state index is 13.4. The monoisotopic (exact) mass is 411 g/mol. The molecule has 3 rings (SSSR count). The van der Waals surface area contributed by atoms with E-state index in [0.29, 0.717) is 23.2 Å². The molecule has 2 aromatic carbocycles. The number of H-pyrrole nitrogens is 1. The van der Waals surface area contributed by atoms with Crippen LogP contribution in [0.3, 0.4) is 0 Å². The van der Waals surface area contributed by atoms with E-state index in [1.807, 2.05) is 39.0 Å². The van der Waals surface area contributed by atoms with E-state index in [4.69, 9.17) is 9.47 Å². The molecule has 3 aromatic rings. The summed E-state index contributed by atoms with van der Waals surface area (Å²) in [7, 11) is 0. The van der Waals surface area contributed by atoms with Gasteiger partial charge in [-0.15, -0.1) is 0 Å². The number of aromatic amines is 1. The summed E-state index contributed by atoms with van der Waals surface area (Å²) in [4.78, 5) is 27.8. The van der Waals surface area contributed by atoms with E-state index in [1.54, 1.807) is 19.1 Å². The van der Waals surface area contributed by atoms with E-state index < -0.39 is 11.4 Å². The quantitative estimate of drug-likeness (QED) is 0.560. The van der Waals surface area contributed by atoms with Crippen LogP contribution >= 0.6 is 0 Å². The Bertz CT molecular complexity index is 1060. The highest BCUT2D eigenvalue weighted by atomic mass is 19.1. The van der Waals surface area contributed by atoms with Crippen LogP contribution in [0.2, 0.25) is 0 Å². The number of hydrogen-bond donors (Lipinski definition) is 1. The van der Waals surface area contributed by atoms with Crippen molar-refractivity contribution in [3.63, 3.8) is 0 Å². The molecule has 0 aliphatic rings. The fourth-order valence-electron chi connectivity index (χ4n) is 3.23. The minimum absolute atomic E-state index is 0.231. The second kappa shape index (κ2) is 8.69. The molecule has 0 radical (unpaired) electrons. The molecular weight excluding hydrogens is 385 g/mol. The van der Waals surface area contributed by atoms with Crippen molar-refractivity contribution in [2.45, 2.75) is 34.1 Å². The first-order chi connectivity index (χ1) is 14.2. The second-order valence-corrected chi connectivity index (χ2v) is 8.08. The van der Waals surface area contributed by atoms with Crippen LogP contribution in [0.25, 0.3) is 22.0 Å². The molecule has 0 aliphatic carbocycles. The summed E-state index contributed by atoms with van der Waals surface area (Å²) in [5, 5.41) is 0.823. The molecule has 0 fully saturated rings. The number of nitrogens with one attached hydrogen (secondary N) is 1. The SMILES string of the molecule is CCOC(=O)c1[nH]c2c(CCOC(=O)C(C)(C)C)cccc2c1-c1ccc(F)cc1. The summed E-state index contributed by atoms with van der Waals surface area (Å²) in [5.74, 6) is -1.09. The Morgan fingerprint density at radius 1 is 1.03 bits per heavy atom. The highest BCUT2D eigenvalue weighted by Crippen LogP contribution is 2.35. The zero-order chi connectivity index (χ0) is 21.9. The summed E-state index contributed by atoms with van der Waals surface area (Å²) in [5.41, 5.74) is 2.81. The lowest BCUT2D eigenvalue weighted by Gasteiger charge is -2.16. The summed E-state index contributed by atoms with van der Waals surface area (Å²) in [6.07, 6.45) is 0.491. The number of aromatic nitrogens is 1. The highest BCUT2D eigenvalue weighted by Gasteiger charge is 2.24. The average Bonchev–Trinajstić information content (AvgIpc) is 3.08. The third-order valence-corrected chi connectivity index (χ3v) is 4.75. The van der Waals surface area contributed by atoms with Crippen molar-refractivity contribution in [3.8, 4) is 11.1 Å². The molecule has 0 aliphatic heterocycles. The van der Waals surface area contributed by atoms with Crippen molar-refractivity contribution < 1.29 is 23.5 Å². The first-order valence-corrected chi connectivity index (χ1v) is 9.96. The maximum atomic E-state index is 13.4. The first kappa shape index (κ1) is 21.6. The van der Waals surface area contributed by atoms with Gasteiger partial charge in [0.2, 0.25) is 0 Å². The largest absolute Gasteiger partial charge is 0.465 e. The molecule has 0 amide bonds. The number of rotatable bonds is 6. The number of halogens is 1. The van der Waals surface area contributed by atoms with E-state index in [9.17, 15) is 14.0 Å². The fourth-order valence-corrected chi connectivity index (χ4v) is 3.23. The summed E-state index contributed by atoms with van der Waals surface area (Å²) < 4.78 is 24.0. The molecule has 158 valence electrons. The van der Waals surface area contributed by atoms with Gasteiger partial charge in [0.05, 0.1) is 24.1 Å². The number of hydrogen-bond acceptors (Lipinski definition) is 4. The van der Waals surface area contributed by atoms with Gasteiger partial charge in [0.15, 0.2) is 0 Å². The lowest BCUT2D eigenvalue weighted by molar-refractivity contribution is -0.152. The van der Waals surface area contributed by atoms with Gasteiger partial charge in [-0.2, -0.15) is 0 Å². The van der Waals surface area contributed by atoms with Crippen LogP contribution in [0.4, 0.5) is 4.39 Å². The summed E-state index contributed by atoms with van der Waals surface area (Å²) in [6, 6.07) is 11.7. The molecule has 1 N–H and O–H groups in total. The van der Waals surface area contributed by atoms with Crippen LogP contribution in [-0.2, 0) is 20.7 Å². The van der Waals surface area contributed by atoms with E-state index in [1.165, 1.54) is 12.1 Å². The van der Waals surface area contributed by atoms with Crippen molar-refractivity contribution in [2.24, 2.45) is 5.41 Å². The van der Waals surface area contributed by atoms with Gasteiger partial charge in [-0.25, -0.2) is 9.18 Å². The first-order valence-electron chi connectivity index (χ1n) is 9.96. The fraction of sp³-hybridized carbons (Fsp3) is 0.333. The molecule has 0 spiro atoms. The van der Waals surface area contributed by atoms with Crippen LogP contribution in [0.15, 0.2) is 42.5 Å². The van der Waals surface area contributed by atoms with Crippen LogP contribution in [0, 0.1) is 11.2 Å². The predicted molar refractivity (Wildman–Crippen MR) is 114 cm³/mol. The van der Waals surface area contributed by atoms with E-state index >= 15 is 0 Å². The molecule has 30 heavy (non-hydrogen) atoms. The number of ether oxygens (including phenoxy) is 2. The van der Waals surface area contributed by atoms with Crippen molar-refractivity contribution in [2.75, 3.05) is 13.2 Å². The van der Waals surface area contributed by atoms with Gasteiger partial charge in [-0.1, -0.05) is 30.3 Å². The number of carbonyl (C=O) groups is 2. The zero-order valence-corrected chi connectivity index (χ0v) is 17.7. The Morgan fingerprint density at radius 3 is 2.37 bits per heavy atom. The normalized spacial score (nSPS) is 11.5. The number of esters is 2. The van der Waals surface area contributed by atoms with Gasteiger partial charge in [-0.3, -0.25) is 4.79 Å². The summed E-state index contributed by atoms with van der Waals surface area (Å²) in [6.45, 7) is 7.64. The molecule has 0 atom stereocenters. The van der Waals surface area contributed by atoms with Crippen molar-refractivity contribution >= 4 is 22.8 Å². The molecule has 0 bridgehead atoms. The molecule has 6 heteroatoms. The van der Waals surface area contributed by atoms with Gasteiger partial charge in [-0.05, 0) is 51.0 Å². The Hall–Kier alpha value is -3.15. The van der Waals surface area contributed by atoms with E-state index in [2.05, 4.69) is 4.98 Å². The third kappa shape index (κ3) is 4.53. The molecule has 0 unspecified atom stereocenters. The average molecular weight is 411 g/mol. The molecule has 1 aromatic heterocycles. The zero-order valence-electron chi connectivity index (χ0n) is 17.7. The van der Waals surface area contributed by atoms with Crippen LogP contribution in [0.1, 0.15) is 43.7 Å². The second-order valence-electron chi connectivity index (χ2n) is 8.08. The predicted octanol–water partition coefficient (Wildman–Crippen LogP) is 5.28. The van der Waals surface area contributed by atoms with Crippen LogP contribution < -0.4 is 0 Å². The van der Waals surface area contributed by atoms with Gasteiger partial charge >= 0.3 is 11.9 Å². The Labute approximate surface area is 175 Å². The van der Waals surface area contributed by atoms with Crippen LogP contribution in [-0.4, -0.2) is 30.1 Å². The van der Waals surface area contributed by atoms with Crippen LogP contribution in [0.5, 0.6) is 0 Å². The number of para-hydroxylation sites is 1. The third-order valence-electron chi connectivity index (χ3n) is 4.75. The van der Waals surface area contributed by atoms with Gasteiger partial charge in [0.1, 0.15) is 11.5 Å². The van der Waals surface area contributed by atoms with Crippen molar-refractivity contribution in [1.29, 1.82) is 0 Å². The van der Waals surface area contributed by atoms with Crippen molar-refractivity contribution in [3.05, 3.63) is 59.5 Å². The smallest absolute Gasteiger partial charge is 0.355 e. The lowest BCUT2D eigenvalue weighted by Crippen LogP contribution is -2.23. The minimum Gasteiger partial charge on any atom is -0.465 e. The van der Waals surface area contributed by atoms with Crippen molar-refractivity contribution in [1.82, 2.24) is 4.98 Å². The maximum Gasteiger partial charge on any atom is 0.355 e. The Kier molecular flexibility index (Phi) is 6.25. The topological polar surface area (TPSA) is 68.4 Å². The Balaban J connectivity index is 2.01. The van der Waals surface area contributed by atoms with Gasteiger partial charge in [0.25, 0.3) is 0 Å². The molecule has 0 saturated carbocycles. The minimum atomic E-state index is -0.564. The lowest BCUT2D eigenvalue weighted by atomic mass is 9.97. The van der Waals surface area contributed by atoms with E-state index in [-0.39, 0.29) is 25.0 Å². The molecule has 0 saturated heterocycles. The molecular formula is C24H26FNO4. The van der Waals surface area contributed by atoms with Gasteiger partial charge < -0.3 is 14.5 Å². The molecule has 1 heterocycles. The molecule has 5 nitrogen and oxygen atoms in total. The van der Waals surface area contributed by atoms with E-state index in [0.717, 1.165) is 16.5 Å². The number of benzene rings is 2. The summed E-state index contributed by atoms with van der Waals surface area (Å²) >= 11 is 0.